The average Bonchev–Trinajstić information content (AvgIpc) is 2.61. The highest BCUT2D eigenvalue weighted by Gasteiger charge is 2.02. The molecule has 2 rings (SSSR count). The molecular weight excluding hydrogens is 164 g/mol. The van der Waals surface area contributed by atoms with Crippen molar-refractivity contribution in [2.24, 2.45) is 0 Å². The number of rotatable bonds is 1. The molecule has 0 atom stereocenters. The van der Waals surface area contributed by atoms with Crippen molar-refractivity contribution in [3.63, 3.8) is 0 Å². The smallest absolute Gasteiger partial charge is 0.109 e. The number of nitrogen functional groups attached to an aromatic ring is 1. The number of hydrogen-bond acceptors (Lipinski definition) is 3. The minimum atomic E-state index is 0.682. The van der Waals surface area contributed by atoms with Crippen molar-refractivity contribution in [1.29, 1.82) is 0 Å². The fourth-order valence-corrected chi connectivity index (χ4v) is 1.17. The van der Waals surface area contributed by atoms with E-state index < -0.39 is 0 Å². The van der Waals surface area contributed by atoms with Gasteiger partial charge in [-0.2, -0.15) is 10.2 Å². The molecule has 1 aromatic carbocycles. The Balaban J connectivity index is 2.57. The van der Waals surface area contributed by atoms with Crippen LogP contribution >= 0.6 is 0 Å². The Hall–Kier alpha value is -1.84. The Kier molecular flexibility index (Phi) is 1.73. The van der Waals surface area contributed by atoms with Crippen LogP contribution in [0.5, 0.6) is 0 Å². The van der Waals surface area contributed by atoms with Gasteiger partial charge in [0.05, 0.1) is 18.1 Å². The molecule has 0 aliphatic carbocycles. The van der Waals surface area contributed by atoms with Gasteiger partial charge in [0.25, 0.3) is 0 Å². The molecule has 0 bridgehead atoms. The van der Waals surface area contributed by atoms with Crippen LogP contribution in [0.25, 0.3) is 5.69 Å². The van der Waals surface area contributed by atoms with E-state index in [1.165, 1.54) is 4.80 Å². The van der Waals surface area contributed by atoms with Crippen LogP contribution in [0, 0.1) is 6.92 Å². The topological polar surface area (TPSA) is 56.7 Å². The summed E-state index contributed by atoms with van der Waals surface area (Å²) in [5, 5.41) is 8.03. The Bertz CT molecular complexity index is 406. The van der Waals surface area contributed by atoms with Crippen LogP contribution in [0.4, 0.5) is 5.69 Å². The van der Waals surface area contributed by atoms with Gasteiger partial charge >= 0.3 is 0 Å². The molecule has 0 saturated heterocycles. The molecule has 4 nitrogen and oxygen atoms in total. The zero-order valence-electron chi connectivity index (χ0n) is 7.31. The van der Waals surface area contributed by atoms with E-state index >= 15 is 0 Å². The van der Waals surface area contributed by atoms with E-state index in [0.717, 1.165) is 11.3 Å². The lowest BCUT2D eigenvalue weighted by Gasteiger charge is -2.04. The molecule has 66 valence electrons. The Morgan fingerprint density at radius 2 is 1.92 bits per heavy atom. The van der Waals surface area contributed by atoms with Gasteiger partial charge < -0.3 is 5.73 Å². The summed E-state index contributed by atoms with van der Waals surface area (Å²) in [6, 6.07) is 5.77. The van der Waals surface area contributed by atoms with Gasteiger partial charge in [-0.1, -0.05) is 6.07 Å². The predicted molar refractivity (Wildman–Crippen MR) is 50.5 cm³/mol. The van der Waals surface area contributed by atoms with Crippen LogP contribution in [-0.4, -0.2) is 15.0 Å². The molecule has 0 saturated carbocycles. The average molecular weight is 174 g/mol. The maximum atomic E-state index is 5.78. The summed E-state index contributed by atoms with van der Waals surface area (Å²) in [5.41, 5.74) is 8.43. The highest BCUT2D eigenvalue weighted by Crippen LogP contribution is 2.16. The number of aryl methyl sites for hydroxylation is 1. The van der Waals surface area contributed by atoms with Crippen molar-refractivity contribution in [2.45, 2.75) is 6.92 Å². The third-order valence-electron chi connectivity index (χ3n) is 1.82. The first-order valence-corrected chi connectivity index (χ1v) is 4.00. The second kappa shape index (κ2) is 2.90. The van der Waals surface area contributed by atoms with Crippen LogP contribution in [-0.2, 0) is 0 Å². The minimum Gasteiger partial charge on any atom is -0.397 e. The molecule has 13 heavy (non-hydrogen) atoms. The van der Waals surface area contributed by atoms with Gasteiger partial charge in [0.1, 0.15) is 5.69 Å². The van der Waals surface area contributed by atoms with Crippen molar-refractivity contribution >= 4 is 5.69 Å². The molecular formula is C9H10N4. The van der Waals surface area contributed by atoms with Crippen LogP contribution in [0.2, 0.25) is 0 Å². The van der Waals surface area contributed by atoms with Crippen molar-refractivity contribution in [2.75, 3.05) is 5.73 Å². The molecule has 0 aliphatic heterocycles. The fraction of sp³-hybridized carbons (Fsp3) is 0.111. The van der Waals surface area contributed by atoms with E-state index in [1.807, 2.05) is 25.1 Å². The normalized spacial score (nSPS) is 10.2. The van der Waals surface area contributed by atoms with Gasteiger partial charge in [-0.3, -0.25) is 0 Å². The van der Waals surface area contributed by atoms with E-state index in [2.05, 4.69) is 10.2 Å². The summed E-state index contributed by atoms with van der Waals surface area (Å²) in [6.07, 6.45) is 3.25. The second-order valence-electron chi connectivity index (χ2n) is 2.88. The van der Waals surface area contributed by atoms with Crippen LogP contribution in [0.1, 0.15) is 5.56 Å². The summed E-state index contributed by atoms with van der Waals surface area (Å²) in [7, 11) is 0. The van der Waals surface area contributed by atoms with E-state index in [-0.39, 0.29) is 0 Å². The summed E-state index contributed by atoms with van der Waals surface area (Å²) in [6.45, 7) is 2.01. The molecule has 1 heterocycles. The van der Waals surface area contributed by atoms with Crippen LogP contribution in [0.15, 0.2) is 30.6 Å². The molecule has 2 aromatic rings. The maximum Gasteiger partial charge on any atom is 0.109 e. The first-order chi connectivity index (χ1) is 6.27. The van der Waals surface area contributed by atoms with Gasteiger partial charge in [-0.25, -0.2) is 0 Å². The van der Waals surface area contributed by atoms with Gasteiger partial charge in [-0.05, 0) is 24.6 Å². The van der Waals surface area contributed by atoms with Gasteiger partial charge in [0.2, 0.25) is 0 Å². The minimum absolute atomic E-state index is 0.682. The lowest BCUT2D eigenvalue weighted by Crippen LogP contribution is -2.03. The molecule has 0 amide bonds. The maximum absolute atomic E-state index is 5.78. The Morgan fingerprint density at radius 1 is 1.23 bits per heavy atom. The first-order valence-electron chi connectivity index (χ1n) is 4.00. The highest BCUT2D eigenvalue weighted by atomic mass is 15.5. The third kappa shape index (κ3) is 1.38. The van der Waals surface area contributed by atoms with Gasteiger partial charge in [0.15, 0.2) is 0 Å². The summed E-state index contributed by atoms with van der Waals surface area (Å²) in [5.74, 6) is 0. The summed E-state index contributed by atoms with van der Waals surface area (Å²) < 4.78 is 0. The monoisotopic (exact) mass is 174 g/mol. The van der Waals surface area contributed by atoms with E-state index in [4.69, 9.17) is 5.73 Å². The lowest BCUT2D eigenvalue weighted by molar-refractivity contribution is 0.753. The fourth-order valence-electron chi connectivity index (χ4n) is 1.17. The third-order valence-corrected chi connectivity index (χ3v) is 1.82. The van der Waals surface area contributed by atoms with Crippen molar-refractivity contribution in [3.05, 3.63) is 36.2 Å². The van der Waals surface area contributed by atoms with Crippen molar-refractivity contribution < 1.29 is 0 Å². The number of hydrogen-bond donors (Lipinski definition) is 1. The number of nitrogens with two attached hydrogens (primary N) is 1. The molecule has 0 radical (unpaired) electrons. The van der Waals surface area contributed by atoms with Gasteiger partial charge in [-0.15, -0.1) is 4.80 Å². The SMILES string of the molecule is Cc1ccc(N)c(-n2nccn2)c1. The number of anilines is 1. The first kappa shape index (κ1) is 7.79. The zero-order chi connectivity index (χ0) is 9.26. The van der Waals surface area contributed by atoms with E-state index in [0.29, 0.717) is 5.69 Å². The number of benzene rings is 1. The van der Waals surface area contributed by atoms with Crippen molar-refractivity contribution in [3.8, 4) is 5.69 Å². The molecule has 0 fully saturated rings. The number of aromatic nitrogens is 3. The quantitative estimate of drug-likeness (QED) is 0.660. The molecule has 0 aliphatic rings. The van der Waals surface area contributed by atoms with E-state index in [1.54, 1.807) is 12.4 Å². The summed E-state index contributed by atoms with van der Waals surface area (Å²) in [4.78, 5) is 1.52. The summed E-state index contributed by atoms with van der Waals surface area (Å²) >= 11 is 0. The second-order valence-corrected chi connectivity index (χ2v) is 2.88. The molecule has 4 heteroatoms. The lowest BCUT2D eigenvalue weighted by atomic mass is 10.2. The number of nitrogens with zero attached hydrogens (tertiary/aromatic N) is 3. The molecule has 0 spiro atoms. The van der Waals surface area contributed by atoms with E-state index in [9.17, 15) is 0 Å². The zero-order valence-corrected chi connectivity index (χ0v) is 7.31. The Morgan fingerprint density at radius 3 is 2.62 bits per heavy atom. The standard InChI is InChI=1S/C9H10N4/c1-7-2-3-8(10)9(6-7)13-11-4-5-12-13/h2-6H,10H2,1H3. The van der Waals surface area contributed by atoms with Gasteiger partial charge in [0, 0.05) is 0 Å². The van der Waals surface area contributed by atoms with Crippen molar-refractivity contribution in [1.82, 2.24) is 15.0 Å². The van der Waals surface area contributed by atoms with Crippen LogP contribution in [0.3, 0.4) is 0 Å². The molecule has 1 aromatic heterocycles. The highest BCUT2D eigenvalue weighted by molar-refractivity contribution is 5.57. The Labute approximate surface area is 76.0 Å². The largest absolute Gasteiger partial charge is 0.397 e. The predicted octanol–water partition coefficient (Wildman–Crippen LogP) is 1.16. The molecule has 0 unspecified atom stereocenters. The molecule has 2 N–H and O–H groups in total. The van der Waals surface area contributed by atoms with Crippen LogP contribution < -0.4 is 5.73 Å².